The van der Waals surface area contributed by atoms with Crippen molar-refractivity contribution in [3.05, 3.63) is 114 Å². The van der Waals surface area contributed by atoms with E-state index in [-0.39, 0.29) is 11.6 Å². The highest BCUT2D eigenvalue weighted by molar-refractivity contribution is 5.90. The highest BCUT2D eigenvalue weighted by atomic mass is 19.1. The van der Waals surface area contributed by atoms with Crippen LogP contribution in [0.4, 0.5) is 20.2 Å². The van der Waals surface area contributed by atoms with Gasteiger partial charge in [0.15, 0.2) is 5.76 Å². The summed E-state index contributed by atoms with van der Waals surface area (Å²) >= 11 is 0. The van der Waals surface area contributed by atoms with Gasteiger partial charge in [-0.05, 0) is 73.0 Å². The lowest BCUT2D eigenvalue weighted by atomic mass is 10.00. The van der Waals surface area contributed by atoms with E-state index in [2.05, 4.69) is 17.0 Å². The molecule has 5 aromatic rings. The van der Waals surface area contributed by atoms with Gasteiger partial charge in [-0.25, -0.2) is 13.8 Å². The molecule has 0 fully saturated rings. The van der Waals surface area contributed by atoms with E-state index in [9.17, 15) is 8.78 Å². The molecule has 164 valence electrons. The predicted molar refractivity (Wildman–Crippen MR) is 128 cm³/mol. The molecule has 6 rings (SSSR count). The van der Waals surface area contributed by atoms with E-state index in [0.29, 0.717) is 0 Å². The van der Waals surface area contributed by atoms with Crippen molar-refractivity contribution in [3.8, 4) is 11.5 Å². The normalized spacial score (nSPS) is 12.7. The Hall–Kier alpha value is -3.99. The lowest BCUT2D eigenvalue weighted by Gasteiger charge is -2.32. The van der Waals surface area contributed by atoms with Crippen LogP contribution in [0.1, 0.15) is 12.0 Å². The number of benzene rings is 3. The van der Waals surface area contributed by atoms with E-state index in [4.69, 9.17) is 9.40 Å². The fraction of sp³-hybridized carbons (Fsp3) is 0.107. The Morgan fingerprint density at radius 3 is 2.33 bits per heavy atom. The quantitative estimate of drug-likeness (QED) is 0.284. The molecule has 3 heterocycles. The first-order valence-corrected chi connectivity index (χ1v) is 10.9. The topological polar surface area (TPSA) is 29.3 Å². The maximum atomic E-state index is 13.7. The Morgan fingerprint density at radius 1 is 0.758 bits per heavy atom. The van der Waals surface area contributed by atoms with Gasteiger partial charge in [0, 0.05) is 17.6 Å². The first-order chi connectivity index (χ1) is 16.2. The summed E-state index contributed by atoms with van der Waals surface area (Å²) in [5, 5.41) is 1.08. The molecule has 2 aromatic heterocycles. The largest absolute Gasteiger partial charge is 0.463 e. The van der Waals surface area contributed by atoms with Crippen LogP contribution in [0.15, 0.2) is 102 Å². The Labute approximate surface area is 190 Å². The third kappa shape index (κ3) is 4.48. The summed E-state index contributed by atoms with van der Waals surface area (Å²) in [4.78, 5) is 7.11. The first kappa shape index (κ1) is 20.9. The third-order valence-electron chi connectivity index (χ3n) is 5.64. The molecule has 0 atom stereocenters. The van der Waals surface area contributed by atoms with Gasteiger partial charge in [-0.15, -0.1) is 0 Å². The molecule has 0 aliphatic carbocycles. The van der Waals surface area contributed by atoms with Crippen LogP contribution in [0.5, 0.6) is 0 Å². The standard InChI is InChI=1S/C22H17FN2O.C6H5F/c23-17-9-10-19-16(13-17)6-3-11-25(19)20-14-15-5-1-2-7-18(15)24-22(20)21-8-4-12-26-21;7-6-4-2-1-3-5-6/h1-2,4-5,7-10,12-14H,3,6,11H2;1-5H. The molecule has 5 heteroatoms. The number of anilines is 2. The van der Waals surface area contributed by atoms with Gasteiger partial charge in [0.25, 0.3) is 0 Å². The Bertz CT molecular complexity index is 1370. The van der Waals surface area contributed by atoms with Crippen molar-refractivity contribution >= 4 is 22.3 Å². The molecular formula is C28H22F2N2O. The third-order valence-corrected chi connectivity index (χ3v) is 5.64. The molecule has 0 radical (unpaired) electrons. The number of furan rings is 1. The SMILES string of the molecule is Fc1ccc2c(c1)CCCN2c1cc2ccccc2nc1-c1ccco1.Fc1ccccc1. The van der Waals surface area contributed by atoms with Crippen LogP contribution >= 0.6 is 0 Å². The maximum absolute atomic E-state index is 13.7. The van der Waals surface area contributed by atoms with Crippen LogP contribution in [0.3, 0.4) is 0 Å². The fourth-order valence-corrected chi connectivity index (χ4v) is 4.14. The molecular weight excluding hydrogens is 418 g/mol. The molecule has 0 N–H and O–H groups in total. The van der Waals surface area contributed by atoms with Crippen molar-refractivity contribution in [1.82, 2.24) is 4.98 Å². The van der Waals surface area contributed by atoms with Crippen molar-refractivity contribution < 1.29 is 13.2 Å². The summed E-state index contributed by atoms with van der Waals surface area (Å²) < 4.78 is 31.3. The lowest BCUT2D eigenvalue weighted by Crippen LogP contribution is -2.25. The van der Waals surface area contributed by atoms with Gasteiger partial charge in [0.2, 0.25) is 0 Å². The van der Waals surface area contributed by atoms with E-state index in [1.807, 2.05) is 36.4 Å². The van der Waals surface area contributed by atoms with Crippen LogP contribution in [-0.4, -0.2) is 11.5 Å². The number of halogens is 2. The molecule has 1 aliphatic rings. The zero-order chi connectivity index (χ0) is 22.6. The first-order valence-electron chi connectivity index (χ1n) is 10.9. The summed E-state index contributed by atoms with van der Waals surface area (Å²) in [6.07, 6.45) is 3.52. The van der Waals surface area contributed by atoms with E-state index in [0.717, 1.165) is 58.7 Å². The van der Waals surface area contributed by atoms with Crippen LogP contribution in [0.25, 0.3) is 22.4 Å². The molecule has 3 nitrogen and oxygen atoms in total. The smallest absolute Gasteiger partial charge is 0.154 e. The van der Waals surface area contributed by atoms with Crippen molar-refractivity contribution in [2.75, 3.05) is 11.4 Å². The van der Waals surface area contributed by atoms with Crippen LogP contribution in [-0.2, 0) is 6.42 Å². The van der Waals surface area contributed by atoms with Gasteiger partial charge in [-0.1, -0.05) is 36.4 Å². The Kier molecular flexibility index (Phi) is 5.85. The molecule has 0 saturated heterocycles. The summed E-state index contributed by atoms with van der Waals surface area (Å²) in [7, 11) is 0. The number of hydrogen-bond acceptors (Lipinski definition) is 3. The number of fused-ring (bicyclic) bond motifs is 2. The lowest BCUT2D eigenvalue weighted by molar-refractivity contribution is 0.580. The van der Waals surface area contributed by atoms with Gasteiger partial charge in [-0.3, -0.25) is 0 Å². The van der Waals surface area contributed by atoms with E-state index < -0.39 is 0 Å². The molecule has 0 amide bonds. The highest BCUT2D eigenvalue weighted by Crippen LogP contribution is 2.40. The summed E-state index contributed by atoms with van der Waals surface area (Å²) in [5.41, 5.74) is 4.81. The zero-order valence-corrected chi connectivity index (χ0v) is 17.9. The average Bonchev–Trinajstić information content (AvgIpc) is 3.38. The monoisotopic (exact) mass is 440 g/mol. The maximum Gasteiger partial charge on any atom is 0.154 e. The van der Waals surface area contributed by atoms with Crippen molar-refractivity contribution in [2.24, 2.45) is 0 Å². The number of hydrogen-bond donors (Lipinski definition) is 0. The number of aromatic nitrogens is 1. The average molecular weight is 440 g/mol. The molecule has 0 unspecified atom stereocenters. The molecule has 0 saturated carbocycles. The second kappa shape index (κ2) is 9.25. The van der Waals surface area contributed by atoms with Crippen molar-refractivity contribution in [2.45, 2.75) is 12.8 Å². The van der Waals surface area contributed by atoms with Gasteiger partial charge in [-0.2, -0.15) is 0 Å². The van der Waals surface area contributed by atoms with E-state index in [1.165, 1.54) is 18.2 Å². The van der Waals surface area contributed by atoms with Gasteiger partial charge >= 0.3 is 0 Å². The summed E-state index contributed by atoms with van der Waals surface area (Å²) in [6.45, 7) is 0.867. The summed E-state index contributed by atoms with van der Waals surface area (Å²) in [6, 6.07) is 27.0. The fourth-order valence-electron chi connectivity index (χ4n) is 4.14. The number of para-hydroxylation sites is 1. The van der Waals surface area contributed by atoms with Crippen molar-refractivity contribution in [3.63, 3.8) is 0 Å². The molecule has 0 spiro atoms. The minimum atomic E-state index is -0.187. The number of pyridine rings is 1. The second-order valence-electron chi connectivity index (χ2n) is 7.85. The van der Waals surface area contributed by atoms with Crippen LogP contribution in [0, 0.1) is 11.6 Å². The van der Waals surface area contributed by atoms with Gasteiger partial charge in [0.1, 0.15) is 17.3 Å². The minimum absolute atomic E-state index is 0.178. The molecule has 33 heavy (non-hydrogen) atoms. The zero-order valence-electron chi connectivity index (χ0n) is 17.9. The molecule has 1 aliphatic heterocycles. The highest BCUT2D eigenvalue weighted by Gasteiger charge is 2.23. The van der Waals surface area contributed by atoms with Gasteiger partial charge in [0.05, 0.1) is 17.5 Å². The summed E-state index contributed by atoms with van der Waals surface area (Å²) in [5.74, 6) is 0.371. The van der Waals surface area contributed by atoms with Crippen LogP contribution in [0.2, 0.25) is 0 Å². The van der Waals surface area contributed by atoms with E-state index in [1.54, 1.807) is 30.5 Å². The van der Waals surface area contributed by atoms with E-state index >= 15 is 0 Å². The Morgan fingerprint density at radius 2 is 1.58 bits per heavy atom. The number of rotatable bonds is 2. The van der Waals surface area contributed by atoms with Crippen LogP contribution < -0.4 is 4.90 Å². The number of aryl methyl sites for hydroxylation is 1. The van der Waals surface area contributed by atoms with Gasteiger partial charge < -0.3 is 9.32 Å². The molecule has 0 bridgehead atoms. The Balaban J connectivity index is 0.000000281. The number of nitrogens with zero attached hydrogens (tertiary/aromatic N) is 2. The minimum Gasteiger partial charge on any atom is -0.463 e. The second-order valence-corrected chi connectivity index (χ2v) is 7.85. The molecule has 3 aromatic carbocycles. The van der Waals surface area contributed by atoms with Crippen molar-refractivity contribution in [1.29, 1.82) is 0 Å². The predicted octanol–water partition coefficient (Wildman–Crippen LogP) is 7.54.